The molecular weight excluding hydrogens is 262 g/mol. The first-order valence-electron chi connectivity index (χ1n) is 7.77. The van der Waals surface area contributed by atoms with Crippen molar-refractivity contribution in [3.05, 3.63) is 29.8 Å². The Morgan fingerprint density at radius 2 is 1.75 bits per heavy atom. The van der Waals surface area contributed by atoms with Gasteiger partial charge < -0.3 is 10.1 Å². The molecular formula is C17H31NOSi. The lowest BCUT2D eigenvalue weighted by atomic mass is 10.2. The van der Waals surface area contributed by atoms with E-state index in [4.69, 9.17) is 4.74 Å². The molecule has 0 heterocycles. The van der Waals surface area contributed by atoms with E-state index in [-0.39, 0.29) is 0 Å². The van der Waals surface area contributed by atoms with E-state index in [9.17, 15) is 0 Å². The predicted molar refractivity (Wildman–Crippen MR) is 91.4 cm³/mol. The highest BCUT2D eigenvalue weighted by atomic mass is 28.3. The maximum absolute atomic E-state index is 5.57. The normalized spacial score (nSPS) is 12.1. The third-order valence-corrected chi connectivity index (χ3v) is 5.31. The highest BCUT2D eigenvalue weighted by molar-refractivity contribution is 6.88. The third kappa shape index (κ3) is 7.22. The van der Waals surface area contributed by atoms with Gasteiger partial charge in [-0.25, -0.2) is 0 Å². The van der Waals surface area contributed by atoms with Crippen molar-refractivity contribution in [1.29, 1.82) is 0 Å². The van der Waals surface area contributed by atoms with Crippen molar-refractivity contribution in [3.8, 4) is 0 Å². The van der Waals surface area contributed by atoms with Gasteiger partial charge in [-0.15, -0.1) is 0 Å². The van der Waals surface area contributed by atoms with Crippen molar-refractivity contribution in [2.75, 3.05) is 19.8 Å². The molecule has 0 aromatic heterocycles. The first kappa shape index (κ1) is 17.4. The van der Waals surface area contributed by atoms with Gasteiger partial charge in [-0.3, -0.25) is 0 Å². The lowest BCUT2D eigenvalue weighted by Gasteiger charge is -2.16. The Kier molecular flexibility index (Phi) is 7.49. The minimum absolute atomic E-state index is 0.632. The first-order valence-corrected chi connectivity index (χ1v) is 11.3. The van der Waals surface area contributed by atoms with Crippen LogP contribution in [-0.2, 0) is 11.3 Å². The molecule has 0 saturated carbocycles. The average molecular weight is 294 g/mol. The van der Waals surface area contributed by atoms with Gasteiger partial charge in [0, 0.05) is 19.8 Å². The van der Waals surface area contributed by atoms with Crippen LogP contribution < -0.4 is 10.5 Å². The third-order valence-electron chi connectivity index (χ3n) is 3.24. The van der Waals surface area contributed by atoms with E-state index in [1.165, 1.54) is 10.8 Å². The minimum Gasteiger partial charge on any atom is -0.381 e. The van der Waals surface area contributed by atoms with Crippen molar-refractivity contribution in [2.45, 2.75) is 46.5 Å². The molecule has 0 aliphatic rings. The van der Waals surface area contributed by atoms with Crippen molar-refractivity contribution >= 4 is 13.3 Å². The number of hydrogen-bond acceptors (Lipinski definition) is 2. The van der Waals surface area contributed by atoms with Gasteiger partial charge >= 0.3 is 0 Å². The zero-order valence-corrected chi connectivity index (χ0v) is 14.8. The second-order valence-corrected chi connectivity index (χ2v) is 12.0. The molecule has 0 amide bonds. The van der Waals surface area contributed by atoms with Gasteiger partial charge in [-0.1, -0.05) is 62.9 Å². The summed E-state index contributed by atoms with van der Waals surface area (Å²) in [6.07, 6.45) is 1.08. The van der Waals surface area contributed by atoms with Crippen LogP contribution in [0.15, 0.2) is 24.3 Å². The van der Waals surface area contributed by atoms with E-state index in [2.05, 4.69) is 63.1 Å². The minimum atomic E-state index is -1.16. The standard InChI is InChI=1S/C17H31NOSi/c1-15(2)14-19-12-6-11-18-13-16-7-9-17(10-8-16)20(3,4)5/h7-10,15,18H,6,11-14H2,1-5H3. The monoisotopic (exact) mass is 293 g/mol. The Morgan fingerprint density at radius 3 is 2.30 bits per heavy atom. The second kappa shape index (κ2) is 8.60. The second-order valence-electron chi connectivity index (χ2n) is 6.95. The number of nitrogens with one attached hydrogen (secondary N) is 1. The van der Waals surface area contributed by atoms with Crippen LogP contribution in [-0.4, -0.2) is 27.8 Å². The summed E-state index contributed by atoms with van der Waals surface area (Å²) in [5.41, 5.74) is 1.37. The topological polar surface area (TPSA) is 21.3 Å². The predicted octanol–water partition coefficient (Wildman–Crippen LogP) is 3.38. The van der Waals surface area contributed by atoms with E-state index in [0.717, 1.165) is 32.7 Å². The molecule has 0 atom stereocenters. The molecule has 1 N–H and O–H groups in total. The molecule has 3 heteroatoms. The lowest BCUT2D eigenvalue weighted by molar-refractivity contribution is 0.108. The van der Waals surface area contributed by atoms with Gasteiger partial charge in [0.15, 0.2) is 0 Å². The molecule has 1 aromatic rings. The van der Waals surface area contributed by atoms with Gasteiger partial charge in [-0.2, -0.15) is 0 Å². The molecule has 114 valence electrons. The van der Waals surface area contributed by atoms with Gasteiger partial charge in [0.25, 0.3) is 0 Å². The Bertz CT molecular complexity index is 368. The fraction of sp³-hybridized carbons (Fsp3) is 0.647. The lowest BCUT2D eigenvalue weighted by Crippen LogP contribution is -2.37. The molecule has 0 unspecified atom stereocenters. The molecule has 0 aliphatic carbocycles. The number of benzene rings is 1. The van der Waals surface area contributed by atoms with Gasteiger partial charge in [0.05, 0.1) is 8.07 Å². The average Bonchev–Trinajstić information content (AvgIpc) is 2.37. The fourth-order valence-electron chi connectivity index (χ4n) is 1.97. The van der Waals surface area contributed by atoms with E-state index < -0.39 is 8.07 Å². The Morgan fingerprint density at radius 1 is 1.10 bits per heavy atom. The molecule has 0 aliphatic heterocycles. The van der Waals surface area contributed by atoms with Crippen LogP contribution in [0, 0.1) is 5.92 Å². The summed E-state index contributed by atoms with van der Waals surface area (Å²) in [5, 5.41) is 5.01. The Hall–Kier alpha value is -0.643. The van der Waals surface area contributed by atoms with Crippen LogP contribution in [0.5, 0.6) is 0 Å². The maximum atomic E-state index is 5.57. The van der Waals surface area contributed by atoms with E-state index >= 15 is 0 Å². The van der Waals surface area contributed by atoms with Crippen molar-refractivity contribution in [1.82, 2.24) is 5.32 Å². The zero-order valence-electron chi connectivity index (χ0n) is 13.8. The van der Waals surface area contributed by atoms with E-state index in [1.807, 2.05) is 0 Å². The largest absolute Gasteiger partial charge is 0.381 e. The molecule has 0 bridgehead atoms. The summed E-state index contributed by atoms with van der Waals surface area (Å²) in [7, 11) is -1.16. The van der Waals surface area contributed by atoms with Gasteiger partial charge in [0.2, 0.25) is 0 Å². The summed E-state index contributed by atoms with van der Waals surface area (Å²) in [4.78, 5) is 0. The Balaban J connectivity index is 2.16. The molecule has 1 aromatic carbocycles. The summed E-state index contributed by atoms with van der Waals surface area (Å²) in [6, 6.07) is 9.12. The summed E-state index contributed by atoms with van der Waals surface area (Å²) in [5.74, 6) is 0.632. The van der Waals surface area contributed by atoms with Crippen LogP contribution in [0.2, 0.25) is 19.6 Å². The highest BCUT2D eigenvalue weighted by Gasteiger charge is 2.15. The van der Waals surface area contributed by atoms with Crippen LogP contribution in [0.3, 0.4) is 0 Å². The zero-order chi connectivity index (χ0) is 15.0. The van der Waals surface area contributed by atoms with E-state index in [0.29, 0.717) is 5.92 Å². The van der Waals surface area contributed by atoms with Crippen molar-refractivity contribution < 1.29 is 4.74 Å². The molecule has 0 saturated heterocycles. The number of hydrogen-bond donors (Lipinski definition) is 1. The fourth-order valence-corrected chi connectivity index (χ4v) is 3.14. The SMILES string of the molecule is CC(C)COCCCNCc1ccc([Si](C)(C)C)cc1. The molecule has 0 spiro atoms. The molecule has 2 nitrogen and oxygen atoms in total. The van der Waals surface area contributed by atoms with Gasteiger partial charge in [-0.05, 0) is 24.4 Å². The number of rotatable bonds is 9. The van der Waals surface area contributed by atoms with Gasteiger partial charge in [0.1, 0.15) is 0 Å². The molecule has 1 rings (SSSR count). The number of ether oxygens (including phenoxy) is 1. The smallest absolute Gasteiger partial charge is 0.0775 e. The molecule has 20 heavy (non-hydrogen) atoms. The quantitative estimate of drug-likeness (QED) is 0.557. The van der Waals surface area contributed by atoms with Crippen molar-refractivity contribution in [3.63, 3.8) is 0 Å². The van der Waals surface area contributed by atoms with Crippen LogP contribution >= 0.6 is 0 Å². The van der Waals surface area contributed by atoms with Crippen LogP contribution in [0.25, 0.3) is 0 Å². The first-order chi connectivity index (χ1) is 9.39. The summed E-state index contributed by atoms with van der Waals surface area (Å²) in [6.45, 7) is 15.2. The molecule has 0 radical (unpaired) electrons. The summed E-state index contributed by atoms with van der Waals surface area (Å²) >= 11 is 0. The van der Waals surface area contributed by atoms with Crippen LogP contribution in [0.4, 0.5) is 0 Å². The Labute approximate surface area is 125 Å². The maximum Gasteiger partial charge on any atom is 0.0775 e. The molecule has 0 fully saturated rings. The van der Waals surface area contributed by atoms with Crippen molar-refractivity contribution in [2.24, 2.45) is 5.92 Å². The van der Waals surface area contributed by atoms with E-state index in [1.54, 1.807) is 0 Å². The highest BCUT2D eigenvalue weighted by Crippen LogP contribution is 2.04. The van der Waals surface area contributed by atoms with Crippen LogP contribution in [0.1, 0.15) is 25.8 Å². The summed E-state index contributed by atoms with van der Waals surface area (Å²) < 4.78 is 5.57.